The van der Waals surface area contributed by atoms with Crippen molar-refractivity contribution in [2.45, 2.75) is 38.2 Å². The quantitative estimate of drug-likeness (QED) is 0.744. The third kappa shape index (κ3) is 2.16. The van der Waals surface area contributed by atoms with Crippen LogP contribution < -0.4 is 4.90 Å². The van der Waals surface area contributed by atoms with Gasteiger partial charge < -0.3 is 9.64 Å². The Morgan fingerprint density at radius 1 is 1.29 bits per heavy atom. The average molecular weight is 232 g/mol. The van der Waals surface area contributed by atoms with Crippen LogP contribution in [0.3, 0.4) is 0 Å². The van der Waals surface area contributed by atoms with Gasteiger partial charge in [0, 0.05) is 18.8 Å². The van der Waals surface area contributed by atoms with Gasteiger partial charge in [0.2, 0.25) is 0 Å². The van der Waals surface area contributed by atoms with Crippen molar-refractivity contribution in [3.05, 3.63) is 23.9 Å². The molecule has 1 aliphatic heterocycles. The number of anilines is 1. The Labute approximate surface area is 103 Å². The fourth-order valence-corrected chi connectivity index (χ4v) is 3.07. The Morgan fingerprint density at radius 2 is 2.12 bits per heavy atom. The minimum Gasteiger partial charge on any atom is -0.371 e. The largest absolute Gasteiger partial charge is 0.371 e. The summed E-state index contributed by atoms with van der Waals surface area (Å²) in [6.45, 7) is 4.88. The molecule has 0 bridgehead atoms. The maximum atomic E-state index is 6.04. The summed E-state index contributed by atoms with van der Waals surface area (Å²) in [5, 5.41) is 0. The van der Waals surface area contributed by atoms with Crippen molar-refractivity contribution in [2.75, 3.05) is 24.6 Å². The molecule has 0 aromatic carbocycles. The molecule has 0 unspecified atom stereocenters. The van der Waals surface area contributed by atoms with Crippen LogP contribution in [0.2, 0.25) is 0 Å². The predicted molar refractivity (Wildman–Crippen MR) is 68.3 cm³/mol. The standard InChI is InChI=1S/C14H20N2O/c1-12-5-4-6-13(15-12)16-9-10-17-14(11-16)7-2-3-8-14/h4-6H,2-3,7-11H2,1H3. The summed E-state index contributed by atoms with van der Waals surface area (Å²) in [6.07, 6.45) is 5.06. The molecule has 1 aliphatic carbocycles. The van der Waals surface area contributed by atoms with Crippen molar-refractivity contribution in [3.63, 3.8) is 0 Å². The molecule has 92 valence electrons. The number of aryl methyl sites for hydroxylation is 1. The summed E-state index contributed by atoms with van der Waals surface area (Å²) in [5.74, 6) is 1.11. The summed E-state index contributed by atoms with van der Waals surface area (Å²) in [4.78, 5) is 7.01. The molecule has 2 aliphatic rings. The molecule has 1 aromatic heterocycles. The van der Waals surface area contributed by atoms with Gasteiger partial charge in [-0.2, -0.15) is 0 Å². The van der Waals surface area contributed by atoms with Crippen molar-refractivity contribution in [3.8, 4) is 0 Å². The number of morpholine rings is 1. The number of hydrogen-bond donors (Lipinski definition) is 0. The SMILES string of the molecule is Cc1cccc(N2CCOC3(CCCC3)C2)n1. The lowest BCUT2D eigenvalue weighted by Crippen LogP contribution is -2.50. The van der Waals surface area contributed by atoms with E-state index in [-0.39, 0.29) is 5.60 Å². The maximum absolute atomic E-state index is 6.04. The van der Waals surface area contributed by atoms with Gasteiger partial charge in [0.25, 0.3) is 0 Å². The Kier molecular flexibility index (Phi) is 2.79. The first-order valence-corrected chi connectivity index (χ1v) is 6.60. The van der Waals surface area contributed by atoms with E-state index in [0.29, 0.717) is 0 Å². The zero-order valence-corrected chi connectivity index (χ0v) is 10.5. The second-order valence-corrected chi connectivity index (χ2v) is 5.30. The minimum atomic E-state index is 0.129. The molecule has 0 N–H and O–H groups in total. The molecule has 0 atom stereocenters. The predicted octanol–water partition coefficient (Wildman–Crippen LogP) is 2.54. The molecule has 0 amide bonds. The molecule has 2 fully saturated rings. The molecule has 1 spiro atoms. The van der Waals surface area contributed by atoms with Crippen LogP contribution in [0.1, 0.15) is 31.4 Å². The Morgan fingerprint density at radius 3 is 2.88 bits per heavy atom. The van der Waals surface area contributed by atoms with E-state index < -0.39 is 0 Å². The zero-order valence-electron chi connectivity index (χ0n) is 10.5. The third-order valence-electron chi connectivity index (χ3n) is 3.96. The monoisotopic (exact) mass is 232 g/mol. The Balaban J connectivity index is 1.79. The van der Waals surface area contributed by atoms with Crippen LogP contribution in [0, 0.1) is 6.92 Å². The van der Waals surface area contributed by atoms with Crippen LogP contribution in [-0.4, -0.2) is 30.3 Å². The highest BCUT2D eigenvalue weighted by molar-refractivity contribution is 5.40. The Bertz CT molecular complexity index is 399. The molecule has 17 heavy (non-hydrogen) atoms. The first-order valence-electron chi connectivity index (χ1n) is 6.60. The molecular formula is C14H20N2O. The summed E-state index contributed by atoms with van der Waals surface area (Å²) >= 11 is 0. The van der Waals surface area contributed by atoms with Crippen molar-refractivity contribution in [1.82, 2.24) is 4.98 Å². The topological polar surface area (TPSA) is 25.4 Å². The number of nitrogens with zero attached hydrogens (tertiary/aromatic N) is 2. The molecule has 1 aromatic rings. The van der Waals surface area contributed by atoms with Gasteiger partial charge in [0.1, 0.15) is 5.82 Å². The average Bonchev–Trinajstić information content (AvgIpc) is 2.77. The van der Waals surface area contributed by atoms with E-state index in [1.807, 2.05) is 0 Å². The van der Waals surface area contributed by atoms with E-state index in [0.717, 1.165) is 31.2 Å². The van der Waals surface area contributed by atoms with E-state index in [9.17, 15) is 0 Å². The maximum Gasteiger partial charge on any atom is 0.128 e. The summed E-state index contributed by atoms with van der Waals surface area (Å²) in [5.41, 5.74) is 1.22. The summed E-state index contributed by atoms with van der Waals surface area (Å²) in [6, 6.07) is 6.25. The molecule has 3 rings (SSSR count). The number of rotatable bonds is 1. The zero-order chi connectivity index (χ0) is 11.7. The molecule has 1 saturated heterocycles. The van der Waals surface area contributed by atoms with Crippen LogP contribution in [0.4, 0.5) is 5.82 Å². The van der Waals surface area contributed by atoms with E-state index in [2.05, 4.69) is 35.0 Å². The van der Waals surface area contributed by atoms with Crippen molar-refractivity contribution in [2.24, 2.45) is 0 Å². The lowest BCUT2D eigenvalue weighted by atomic mass is 10.00. The molecule has 3 heteroatoms. The first kappa shape index (κ1) is 11.0. The second kappa shape index (κ2) is 4.30. The normalized spacial score (nSPS) is 23.2. The molecule has 1 saturated carbocycles. The van der Waals surface area contributed by atoms with Gasteiger partial charge in [-0.3, -0.25) is 0 Å². The van der Waals surface area contributed by atoms with Crippen molar-refractivity contribution in [1.29, 1.82) is 0 Å². The highest BCUT2D eigenvalue weighted by Gasteiger charge is 2.39. The van der Waals surface area contributed by atoms with Crippen molar-refractivity contribution < 1.29 is 4.74 Å². The van der Waals surface area contributed by atoms with E-state index in [1.54, 1.807) is 0 Å². The highest BCUT2D eigenvalue weighted by atomic mass is 16.5. The van der Waals surface area contributed by atoms with Crippen LogP contribution in [0.5, 0.6) is 0 Å². The highest BCUT2D eigenvalue weighted by Crippen LogP contribution is 2.36. The molecule has 3 nitrogen and oxygen atoms in total. The lowest BCUT2D eigenvalue weighted by Gasteiger charge is -2.41. The summed E-state index contributed by atoms with van der Waals surface area (Å²) in [7, 11) is 0. The van der Waals surface area contributed by atoms with Crippen LogP contribution in [0.15, 0.2) is 18.2 Å². The van der Waals surface area contributed by atoms with E-state index in [4.69, 9.17) is 4.74 Å². The Hall–Kier alpha value is -1.09. The smallest absolute Gasteiger partial charge is 0.128 e. The van der Waals surface area contributed by atoms with Crippen LogP contribution in [-0.2, 0) is 4.74 Å². The third-order valence-corrected chi connectivity index (χ3v) is 3.96. The number of hydrogen-bond acceptors (Lipinski definition) is 3. The number of ether oxygens (including phenoxy) is 1. The molecular weight excluding hydrogens is 212 g/mol. The lowest BCUT2D eigenvalue weighted by molar-refractivity contribution is -0.0503. The number of aromatic nitrogens is 1. The summed E-state index contributed by atoms with van der Waals surface area (Å²) < 4.78 is 6.04. The van der Waals surface area contributed by atoms with E-state index >= 15 is 0 Å². The van der Waals surface area contributed by atoms with Gasteiger partial charge in [-0.25, -0.2) is 4.98 Å². The number of pyridine rings is 1. The van der Waals surface area contributed by atoms with Gasteiger partial charge in [-0.05, 0) is 31.9 Å². The van der Waals surface area contributed by atoms with Crippen LogP contribution >= 0.6 is 0 Å². The van der Waals surface area contributed by atoms with Gasteiger partial charge in [0.05, 0.1) is 12.2 Å². The van der Waals surface area contributed by atoms with Gasteiger partial charge in [-0.15, -0.1) is 0 Å². The minimum absolute atomic E-state index is 0.129. The van der Waals surface area contributed by atoms with Gasteiger partial charge in [0.15, 0.2) is 0 Å². The van der Waals surface area contributed by atoms with Crippen molar-refractivity contribution >= 4 is 5.82 Å². The molecule has 0 radical (unpaired) electrons. The second-order valence-electron chi connectivity index (χ2n) is 5.30. The van der Waals surface area contributed by atoms with Crippen LogP contribution in [0.25, 0.3) is 0 Å². The van der Waals surface area contributed by atoms with Gasteiger partial charge in [-0.1, -0.05) is 18.9 Å². The van der Waals surface area contributed by atoms with E-state index in [1.165, 1.54) is 25.7 Å². The fourth-order valence-electron chi connectivity index (χ4n) is 3.07. The fraction of sp³-hybridized carbons (Fsp3) is 0.643. The molecule has 2 heterocycles. The first-order chi connectivity index (χ1) is 8.27. The van der Waals surface area contributed by atoms with Gasteiger partial charge >= 0.3 is 0 Å².